The van der Waals surface area contributed by atoms with E-state index in [0.717, 1.165) is 10.5 Å². The Bertz CT molecular complexity index is 963. The lowest BCUT2D eigenvalue weighted by Crippen LogP contribution is -2.60. The third-order valence-corrected chi connectivity index (χ3v) is 6.13. The van der Waals surface area contributed by atoms with Gasteiger partial charge in [-0.2, -0.15) is 0 Å². The number of ether oxygens (including phenoxy) is 2. The van der Waals surface area contributed by atoms with Crippen LogP contribution in [0.15, 0.2) is 35.4 Å². The number of para-hydroxylation sites is 1. The molecule has 0 saturated carbocycles. The summed E-state index contributed by atoms with van der Waals surface area (Å²) in [6, 6.07) is 7.07. The van der Waals surface area contributed by atoms with Crippen molar-refractivity contribution < 1.29 is 28.7 Å². The summed E-state index contributed by atoms with van der Waals surface area (Å²) in [5.74, 6) is -4.03. The van der Waals surface area contributed by atoms with Crippen molar-refractivity contribution in [1.29, 1.82) is 0 Å². The summed E-state index contributed by atoms with van der Waals surface area (Å²) in [4.78, 5) is 53.2. The highest BCUT2D eigenvalue weighted by molar-refractivity contribution is 6.25. The zero-order chi connectivity index (χ0) is 20.4. The lowest BCUT2D eigenvalue weighted by molar-refractivity contribution is -0.184. The summed E-state index contributed by atoms with van der Waals surface area (Å²) >= 11 is 0. The number of hydrogen-bond donors (Lipinski definition) is 0. The Balaban J connectivity index is 1.88. The van der Waals surface area contributed by atoms with Crippen molar-refractivity contribution in [3.8, 4) is 0 Å². The average molecular weight is 383 g/mol. The molecule has 28 heavy (non-hydrogen) atoms. The van der Waals surface area contributed by atoms with Gasteiger partial charge in [-0.05, 0) is 44.9 Å². The fraction of sp³-hybridized carbons (Fsp3) is 0.429. The fourth-order valence-electron chi connectivity index (χ4n) is 4.84. The van der Waals surface area contributed by atoms with Crippen LogP contribution in [0.3, 0.4) is 0 Å². The molecule has 0 unspecified atom stereocenters. The van der Waals surface area contributed by atoms with E-state index < -0.39 is 47.1 Å². The second kappa shape index (κ2) is 6.02. The van der Waals surface area contributed by atoms with Gasteiger partial charge in [0, 0.05) is 0 Å². The molecule has 3 heterocycles. The molecule has 4 aliphatic rings. The third-order valence-electron chi connectivity index (χ3n) is 6.13. The highest BCUT2D eigenvalue weighted by atomic mass is 16.6. The van der Waals surface area contributed by atoms with Crippen molar-refractivity contribution in [1.82, 2.24) is 0 Å². The first-order valence-corrected chi connectivity index (χ1v) is 9.28. The average Bonchev–Trinajstić information content (AvgIpc) is 2.90. The molecular formula is C21H21NO6. The Kier molecular flexibility index (Phi) is 3.96. The van der Waals surface area contributed by atoms with Gasteiger partial charge in [-0.3, -0.25) is 14.4 Å². The minimum Gasteiger partial charge on any atom is -0.463 e. The number of fused-ring (bicyclic) bond motifs is 1. The molecule has 2 fully saturated rings. The van der Waals surface area contributed by atoms with Crippen molar-refractivity contribution in [3.05, 3.63) is 41.0 Å². The number of benzene rings is 1. The molecule has 2 saturated heterocycles. The molecule has 1 aromatic carbocycles. The summed E-state index contributed by atoms with van der Waals surface area (Å²) in [6.45, 7) is 6.78. The monoisotopic (exact) mass is 383 g/mol. The van der Waals surface area contributed by atoms with Crippen molar-refractivity contribution in [3.63, 3.8) is 0 Å². The van der Waals surface area contributed by atoms with Crippen LogP contribution in [0, 0.1) is 24.2 Å². The number of carbonyl (C=O) groups excluding carboxylic acids is 4. The van der Waals surface area contributed by atoms with Gasteiger partial charge in [0.2, 0.25) is 11.8 Å². The van der Waals surface area contributed by atoms with Crippen molar-refractivity contribution in [2.45, 2.75) is 33.8 Å². The van der Waals surface area contributed by atoms with Crippen LogP contribution in [-0.2, 0) is 28.7 Å². The van der Waals surface area contributed by atoms with E-state index in [1.165, 1.54) is 6.92 Å². The Morgan fingerprint density at radius 3 is 2.50 bits per heavy atom. The van der Waals surface area contributed by atoms with Gasteiger partial charge in [-0.15, -0.1) is 0 Å². The number of rotatable bonds is 3. The topological polar surface area (TPSA) is 90.0 Å². The second-order valence-corrected chi connectivity index (χ2v) is 7.61. The van der Waals surface area contributed by atoms with E-state index >= 15 is 0 Å². The Labute approximate surface area is 162 Å². The van der Waals surface area contributed by atoms with Gasteiger partial charge in [0.1, 0.15) is 11.5 Å². The van der Waals surface area contributed by atoms with Gasteiger partial charge in [0.05, 0.1) is 29.7 Å². The summed E-state index contributed by atoms with van der Waals surface area (Å²) in [5, 5.41) is 0. The molecule has 0 N–H and O–H groups in total. The predicted molar refractivity (Wildman–Crippen MR) is 98.0 cm³/mol. The molecule has 1 aliphatic carbocycles. The van der Waals surface area contributed by atoms with Crippen LogP contribution in [-0.4, -0.2) is 36.5 Å². The lowest BCUT2D eigenvalue weighted by Gasteiger charge is -2.48. The first kappa shape index (κ1) is 18.4. The molecule has 0 spiro atoms. The number of amides is 2. The summed E-state index contributed by atoms with van der Waals surface area (Å²) < 4.78 is 10.6. The van der Waals surface area contributed by atoms with E-state index in [-0.39, 0.29) is 12.2 Å². The van der Waals surface area contributed by atoms with Crippen LogP contribution in [0.25, 0.3) is 0 Å². The number of anilines is 1. The first-order valence-electron chi connectivity index (χ1n) is 9.28. The number of imide groups is 1. The summed E-state index contributed by atoms with van der Waals surface area (Å²) in [7, 11) is 0. The van der Waals surface area contributed by atoms with Gasteiger partial charge in [0.25, 0.3) is 0 Å². The van der Waals surface area contributed by atoms with Crippen LogP contribution in [0.5, 0.6) is 0 Å². The minimum atomic E-state index is -1.56. The number of esters is 2. The van der Waals surface area contributed by atoms with Gasteiger partial charge in [-0.1, -0.05) is 18.2 Å². The van der Waals surface area contributed by atoms with Crippen LogP contribution >= 0.6 is 0 Å². The largest absolute Gasteiger partial charge is 0.463 e. The predicted octanol–water partition coefficient (Wildman–Crippen LogP) is 1.93. The zero-order valence-electron chi connectivity index (χ0n) is 16.1. The van der Waals surface area contributed by atoms with Crippen LogP contribution in [0.1, 0.15) is 26.3 Å². The Morgan fingerprint density at radius 2 is 1.86 bits per heavy atom. The van der Waals surface area contributed by atoms with Gasteiger partial charge in [0.15, 0.2) is 0 Å². The molecule has 5 rings (SSSR count). The van der Waals surface area contributed by atoms with Gasteiger partial charge in [-0.25, -0.2) is 9.69 Å². The molecule has 0 aromatic heterocycles. The minimum absolute atomic E-state index is 0.141. The Hall–Kier alpha value is -2.96. The first-order chi connectivity index (χ1) is 13.2. The molecule has 2 amide bonds. The van der Waals surface area contributed by atoms with Crippen LogP contribution in [0.2, 0.25) is 0 Å². The van der Waals surface area contributed by atoms with E-state index in [4.69, 9.17) is 9.47 Å². The van der Waals surface area contributed by atoms with E-state index in [2.05, 4.69) is 0 Å². The van der Waals surface area contributed by atoms with E-state index in [0.29, 0.717) is 11.3 Å². The molecular weight excluding hydrogens is 362 g/mol. The molecule has 4 atom stereocenters. The maximum Gasteiger partial charge on any atom is 0.335 e. The van der Waals surface area contributed by atoms with E-state index in [9.17, 15) is 19.2 Å². The Morgan fingerprint density at radius 1 is 1.18 bits per heavy atom. The second-order valence-electron chi connectivity index (χ2n) is 7.61. The third kappa shape index (κ3) is 2.10. The molecule has 7 heteroatoms. The van der Waals surface area contributed by atoms with Crippen molar-refractivity contribution >= 4 is 29.4 Å². The quantitative estimate of drug-likeness (QED) is 0.585. The highest BCUT2D eigenvalue weighted by Crippen LogP contribution is 2.58. The summed E-state index contributed by atoms with van der Waals surface area (Å²) in [5.41, 5.74) is 0.319. The van der Waals surface area contributed by atoms with E-state index in [1.807, 2.05) is 19.1 Å². The number of carbonyl (C=O) groups is 4. The maximum absolute atomic E-state index is 13.4. The molecule has 3 aliphatic heterocycles. The smallest absolute Gasteiger partial charge is 0.335 e. The van der Waals surface area contributed by atoms with Gasteiger partial charge < -0.3 is 9.47 Å². The number of hydrogen-bond acceptors (Lipinski definition) is 6. The summed E-state index contributed by atoms with van der Waals surface area (Å²) in [6.07, 6.45) is -0.941. The van der Waals surface area contributed by atoms with Gasteiger partial charge >= 0.3 is 11.9 Å². The normalized spacial score (nSPS) is 31.2. The molecule has 7 nitrogen and oxygen atoms in total. The lowest BCUT2D eigenvalue weighted by atomic mass is 9.57. The molecule has 146 valence electrons. The van der Waals surface area contributed by atoms with Crippen LogP contribution in [0.4, 0.5) is 5.69 Å². The van der Waals surface area contributed by atoms with E-state index in [1.54, 1.807) is 26.0 Å². The fourth-order valence-corrected chi connectivity index (χ4v) is 4.84. The number of aryl methyl sites for hydroxylation is 1. The molecule has 2 bridgehead atoms. The van der Waals surface area contributed by atoms with Crippen LogP contribution < -0.4 is 4.90 Å². The maximum atomic E-state index is 13.4. The number of nitrogens with zero attached hydrogens (tertiary/aromatic N) is 1. The molecule has 1 aromatic rings. The molecule has 0 radical (unpaired) electrons. The zero-order valence-corrected chi connectivity index (χ0v) is 16.1. The van der Waals surface area contributed by atoms with Crippen molar-refractivity contribution in [2.75, 3.05) is 11.5 Å². The standard InChI is InChI=1S/C21H21NO6/c1-5-27-19(25)14-11(3)16-13-15(21(14,4)20(26)28-16)18(24)22(17(13)23)12-9-7-6-8-10(12)2/h6-9,13,15-16H,5H2,1-4H3/t13-,15-,16-,21-/m1/s1. The van der Waals surface area contributed by atoms with Crippen molar-refractivity contribution in [2.24, 2.45) is 17.3 Å². The highest BCUT2D eigenvalue weighted by Gasteiger charge is 2.71. The SMILES string of the molecule is CCOC(=O)C1=C(C)[C@H]2OC(=O)[C@@]1(C)[C@H]1C(=O)N(c3ccccc3C)C(=O)[C@@H]21.